The van der Waals surface area contributed by atoms with Crippen molar-refractivity contribution in [3.8, 4) is 0 Å². The van der Waals surface area contributed by atoms with Crippen LogP contribution in [0.2, 0.25) is 0 Å². The lowest BCUT2D eigenvalue weighted by Crippen LogP contribution is -2.43. The maximum atomic E-state index is 11.9. The molecule has 0 fully saturated rings. The van der Waals surface area contributed by atoms with Gasteiger partial charge >= 0.3 is 6.03 Å². The van der Waals surface area contributed by atoms with E-state index in [1.807, 2.05) is 52.5 Å². The van der Waals surface area contributed by atoms with Gasteiger partial charge < -0.3 is 20.1 Å². The number of amides is 2. The fraction of sp³-hybridized carbons (Fsp3) is 0.294. The Morgan fingerprint density at radius 2 is 2.21 bits per heavy atom. The molecule has 24 heavy (non-hydrogen) atoms. The van der Waals surface area contributed by atoms with E-state index in [-0.39, 0.29) is 12.6 Å². The number of imidazole rings is 1. The number of hydrogen-bond acceptors (Lipinski definition) is 4. The number of carbonyl (C=O) groups is 1. The molecule has 1 atom stereocenters. The lowest BCUT2D eigenvalue weighted by Gasteiger charge is -2.22. The van der Waals surface area contributed by atoms with E-state index in [9.17, 15) is 9.90 Å². The van der Waals surface area contributed by atoms with Gasteiger partial charge in [0.05, 0.1) is 12.2 Å². The lowest BCUT2D eigenvalue weighted by molar-refractivity contribution is 0.0631. The number of carbonyl (C=O) groups excluding carboxylic acids is 1. The zero-order valence-corrected chi connectivity index (χ0v) is 14.2. The number of hydrogen-bond donors (Lipinski definition) is 3. The molecule has 3 rings (SSSR count). The summed E-state index contributed by atoms with van der Waals surface area (Å²) in [6.45, 7) is 2.33. The van der Waals surface area contributed by atoms with Crippen LogP contribution >= 0.6 is 11.3 Å². The van der Waals surface area contributed by atoms with Crippen molar-refractivity contribution >= 4 is 23.0 Å². The highest BCUT2D eigenvalue weighted by molar-refractivity contribution is 7.10. The van der Waals surface area contributed by atoms with Crippen molar-refractivity contribution < 1.29 is 9.90 Å². The molecule has 3 aromatic rings. The standard InChI is InChI=1S/C17H20N4O2S/c1-17(23,14-5-4-10-24-14)12-19-16(22)18-8-7-13-11-21-9-3-2-6-15(21)20-13/h2-6,9-11,23H,7-8,12H2,1H3,(H2,18,19,22). The van der Waals surface area contributed by atoms with Gasteiger partial charge in [-0.1, -0.05) is 12.1 Å². The number of aromatic nitrogens is 2. The summed E-state index contributed by atoms with van der Waals surface area (Å²) in [6.07, 6.45) is 4.55. The van der Waals surface area contributed by atoms with Crippen LogP contribution in [0, 0.1) is 0 Å². The maximum Gasteiger partial charge on any atom is 0.314 e. The summed E-state index contributed by atoms with van der Waals surface area (Å²) >= 11 is 1.47. The molecule has 3 N–H and O–H groups in total. The maximum absolute atomic E-state index is 11.9. The average molecular weight is 344 g/mol. The van der Waals surface area contributed by atoms with Crippen LogP contribution in [0.1, 0.15) is 17.5 Å². The van der Waals surface area contributed by atoms with Gasteiger partial charge in [0.1, 0.15) is 11.2 Å². The van der Waals surface area contributed by atoms with E-state index < -0.39 is 5.60 Å². The number of nitrogens with zero attached hydrogens (tertiary/aromatic N) is 2. The first kappa shape index (κ1) is 16.5. The van der Waals surface area contributed by atoms with Crippen LogP contribution < -0.4 is 10.6 Å². The van der Waals surface area contributed by atoms with Crippen molar-refractivity contribution in [1.82, 2.24) is 20.0 Å². The predicted octanol–water partition coefficient (Wildman–Crippen LogP) is 2.15. The molecule has 1 unspecified atom stereocenters. The second-order valence-electron chi connectivity index (χ2n) is 5.81. The molecular formula is C17H20N4O2S. The van der Waals surface area contributed by atoms with E-state index in [1.54, 1.807) is 6.92 Å². The Hall–Kier alpha value is -2.38. The zero-order valence-electron chi connectivity index (χ0n) is 13.4. The van der Waals surface area contributed by atoms with Crippen molar-refractivity contribution in [2.45, 2.75) is 18.9 Å². The highest BCUT2D eigenvalue weighted by Crippen LogP contribution is 2.24. The van der Waals surface area contributed by atoms with Gasteiger partial charge in [0, 0.05) is 30.2 Å². The third kappa shape index (κ3) is 3.93. The Morgan fingerprint density at radius 1 is 1.33 bits per heavy atom. The van der Waals surface area contributed by atoms with Crippen LogP contribution in [0.25, 0.3) is 5.65 Å². The second kappa shape index (κ2) is 7.02. The summed E-state index contributed by atoms with van der Waals surface area (Å²) in [4.78, 5) is 17.2. The Morgan fingerprint density at radius 3 is 2.96 bits per heavy atom. The molecule has 3 aromatic heterocycles. The smallest absolute Gasteiger partial charge is 0.314 e. The van der Waals surface area contributed by atoms with Crippen molar-refractivity contribution in [2.24, 2.45) is 0 Å². The van der Waals surface area contributed by atoms with Gasteiger partial charge in [-0.3, -0.25) is 0 Å². The number of pyridine rings is 1. The number of thiophene rings is 1. The molecule has 0 aliphatic heterocycles. The van der Waals surface area contributed by atoms with E-state index in [0.717, 1.165) is 16.2 Å². The van der Waals surface area contributed by atoms with Gasteiger partial charge in [0.15, 0.2) is 0 Å². The van der Waals surface area contributed by atoms with Crippen LogP contribution in [0.4, 0.5) is 4.79 Å². The van der Waals surface area contributed by atoms with E-state index in [0.29, 0.717) is 13.0 Å². The minimum atomic E-state index is -1.06. The number of nitrogens with one attached hydrogen (secondary N) is 2. The first-order valence-corrected chi connectivity index (χ1v) is 8.63. The van der Waals surface area contributed by atoms with Crippen LogP contribution in [0.5, 0.6) is 0 Å². The first-order valence-electron chi connectivity index (χ1n) is 7.75. The van der Waals surface area contributed by atoms with Crippen molar-refractivity contribution in [1.29, 1.82) is 0 Å². The predicted molar refractivity (Wildman–Crippen MR) is 94.2 cm³/mol. The Kier molecular flexibility index (Phi) is 4.82. The molecule has 0 aliphatic carbocycles. The topological polar surface area (TPSA) is 78.7 Å². The summed E-state index contributed by atoms with van der Waals surface area (Å²) in [6, 6.07) is 9.27. The summed E-state index contributed by atoms with van der Waals surface area (Å²) in [7, 11) is 0. The fourth-order valence-corrected chi connectivity index (χ4v) is 3.19. The largest absolute Gasteiger partial charge is 0.383 e. The molecule has 0 bridgehead atoms. The van der Waals surface area contributed by atoms with Crippen LogP contribution in [0.15, 0.2) is 48.1 Å². The monoisotopic (exact) mass is 344 g/mol. The van der Waals surface area contributed by atoms with Gasteiger partial charge in [-0.15, -0.1) is 11.3 Å². The normalized spacial score (nSPS) is 13.6. The minimum Gasteiger partial charge on any atom is -0.383 e. The van der Waals surface area contributed by atoms with Crippen molar-refractivity contribution in [2.75, 3.05) is 13.1 Å². The lowest BCUT2D eigenvalue weighted by atomic mass is 10.1. The van der Waals surface area contributed by atoms with Crippen LogP contribution in [0.3, 0.4) is 0 Å². The molecule has 3 heterocycles. The van der Waals surface area contributed by atoms with E-state index in [2.05, 4.69) is 15.6 Å². The van der Waals surface area contributed by atoms with Gasteiger partial charge in [0.2, 0.25) is 0 Å². The fourth-order valence-electron chi connectivity index (χ4n) is 2.40. The van der Waals surface area contributed by atoms with E-state index >= 15 is 0 Å². The molecule has 0 aliphatic rings. The molecule has 0 saturated carbocycles. The molecular weight excluding hydrogens is 324 g/mol. The van der Waals surface area contributed by atoms with Crippen LogP contribution in [-0.2, 0) is 12.0 Å². The Labute approximate surface area is 144 Å². The SMILES string of the molecule is CC(O)(CNC(=O)NCCc1cn2ccccc2n1)c1cccs1. The molecule has 0 radical (unpaired) electrons. The van der Waals surface area contributed by atoms with Gasteiger partial charge in [-0.25, -0.2) is 9.78 Å². The third-order valence-corrected chi connectivity index (χ3v) is 4.85. The number of urea groups is 1. The number of rotatable bonds is 6. The molecule has 126 valence electrons. The third-order valence-electron chi connectivity index (χ3n) is 3.73. The number of aliphatic hydroxyl groups is 1. The Balaban J connectivity index is 1.44. The second-order valence-corrected chi connectivity index (χ2v) is 6.76. The van der Waals surface area contributed by atoms with E-state index in [4.69, 9.17) is 0 Å². The molecule has 0 saturated heterocycles. The first-order chi connectivity index (χ1) is 11.5. The van der Waals surface area contributed by atoms with E-state index in [1.165, 1.54) is 11.3 Å². The quantitative estimate of drug-likeness (QED) is 0.641. The molecule has 0 spiro atoms. The minimum absolute atomic E-state index is 0.160. The highest BCUT2D eigenvalue weighted by atomic mass is 32.1. The molecule has 0 aromatic carbocycles. The van der Waals surface area contributed by atoms with Gasteiger partial charge in [-0.2, -0.15) is 0 Å². The van der Waals surface area contributed by atoms with Crippen molar-refractivity contribution in [3.05, 3.63) is 58.7 Å². The molecule has 2 amide bonds. The average Bonchev–Trinajstić information content (AvgIpc) is 3.22. The number of fused-ring (bicyclic) bond motifs is 1. The Bertz CT molecular complexity index is 778. The molecule has 6 nitrogen and oxygen atoms in total. The van der Waals surface area contributed by atoms with Gasteiger partial charge in [-0.05, 0) is 30.5 Å². The summed E-state index contributed by atoms with van der Waals surface area (Å²) in [5.74, 6) is 0. The highest BCUT2D eigenvalue weighted by Gasteiger charge is 2.24. The van der Waals surface area contributed by atoms with Gasteiger partial charge in [0.25, 0.3) is 0 Å². The zero-order chi connectivity index (χ0) is 17.0. The van der Waals surface area contributed by atoms with Crippen molar-refractivity contribution in [3.63, 3.8) is 0 Å². The molecule has 7 heteroatoms. The summed E-state index contributed by atoms with van der Waals surface area (Å²) in [5.41, 5.74) is 0.753. The summed E-state index contributed by atoms with van der Waals surface area (Å²) < 4.78 is 1.95. The summed E-state index contributed by atoms with van der Waals surface area (Å²) in [5, 5.41) is 17.8. The van der Waals surface area contributed by atoms with Crippen LogP contribution in [-0.4, -0.2) is 33.6 Å².